The van der Waals surface area contributed by atoms with Gasteiger partial charge >= 0.3 is 11.9 Å². The first-order valence-corrected chi connectivity index (χ1v) is 10.8. The molecular formula is C21H25NO5S. The van der Waals surface area contributed by atoms with Gasteiger partial charge in [0.15, 0.2) is 0 Å². The molecule has 0 radical (unpaired) electrons. The summed E-state index contributed by atoms with van der Waals surface area (Å²) < 4.78 is 5.25. The molecule has 0 unspecified atom stereocenters. The second-order valence-electron chi connectivity index (χ2n) is 8.10. The molecule has 2 N–H and O–H groups in total. The number of thiophene rings is 1. The fourth-order valence-corrected chi connectivity index (χ4v) is 6.37. The molecule has 5 atom stereocenters. The largest absolute Gasteiger partial charge is 0.481 e. The highest BCUT2D eigenvalue weighted by atomic mass is 32.1. The minimum Gasteiger partial charge on any atom is -0.481 e. The number of fused-ring (bicyclic) bond motifs is 3. The van der Waals surface area contributed by atoms with Crippen LogP contribution >= 0.6 is 11.3 Å². The van der Waals surface area contributed by atoms with Crippen LogP contribution in [0.4, 0.5) is 5.00 Å². The van der Waals surface area contributed by atoms with E-state index in [0.29, 0.717) is 22.9 Å². The Hall–Kier alpha value is -2.15. The average molecular weight is 404 g/mol. The third-order valence-electron chi connectivity index (χ3n) is 6.28. The Bertz CT molecular complexity index is 857. The van der Waals surface area contributed by atoms with Gasteiger partial charge in [-0.3, -0.25) is 9.59 Å². The standard InChI is InChI=1S/C21H25NO5S/c1-3-27-21(26)17-13-7-4-10(2)8-14(13)28-19(17)22-18(23)15-11-5-6-12(9-11)16(15)20(24)25/h5-6,10-12,15-16H,3-4,7-9H2,1-2H3,(H,22,23)(H,24,25)/t10-,11+,12+,15-,16-/m1/s1. The van der Waals surface area contributed by atoms with Crippen molar-refractivity contribution < 1.29 is 24.2 Å². The van der Waals surface area contributed by atoms with Crippen molar-refractivity contribution in [3.05, 3.63) is 28.2 Å². The zero-order chi connectivity index (χ0) is 20.0. The molecule has 0 saturated heterocycles. The van der Waals surface area contributed by atoms with Crippen molar-refractivity contribution in [2.45, 2.75) is 39.5 Å². The molecule has 7 heteroatoms. The van der Waals surface area contributed by atoms with Crippen LogP contribution in [0.25, 0.3) is 0 Å². The summed E-state index contributed by atoms with van der Waals surface area (Å²) in [5, 5.41) is 13.0. The van der Waals surface area contributed by atoms with Crippen molar-refractivity contribution in [2.75, 3.05) is 11.9 Å². The van der Waals surface area contributed by atoms with Gasteiger partial charge in [0.1, 0.15) is 5.00 Å². The van der Waals surface area contributed by atoms with Crippen molar-refractivity contribution in [3.8, 4) is 0 Å². The number of carbonyl (C=O) groups excluding carboxylic acids is 2. The lowest BCUT2D eigenvalue weighted by atomic mass is 9.82. The number of rotatable bonds is 5. The van der Waals surface area contributed by atoms with E-state index >= 15 is 0 Å². The fraction of sp³-hybridized carbons (Fsp3) is 0.571. The molecular weight excluding hydrogens is 378 g/mol. The third-order valence-corrected chi connectivity index (χ3v) is 7.44. The summed E-state index contributed by atoms with van der Waals surface area (Å²) in [7, 11) is 0. The van der Waals surface area contributed by atoms with E-state index in [1.165, 1.54) is 11.3 Å². The lowest BCUT2D eigenvalue weighted by Gasteiger charge is -2.23. The number of allylic oxidation sites excluding steroid dienone is 2. The molecule has 1 aromatic rings. The smallest absolute Gasteiger partial charge is 0.341 e. The van der Waals surface area contributed by atoms with Gasteiger partial charge in [-0.15, -0.1) is 11.3 Å². The number of hydrogen-bond acceptors (Lipinski definition) is 5. The molecule has 0 spiro atoms. The predicted molar refractivity (Wildman–Crippen MR) is 105 cm³/mol. The lowest BCUT2D eigenvalue weighted by Crippen LogP contribution is -2.36. The van der Waals surface area contributed by atoms with E-state index in [-0.39, 0.29) is 24.3 Å². The number of ether oxygens (including phenoxy) is 1. The van der Waals surface area contributed by atoms with Gasteiger partial charge in [0.05, 0.1) is 24.0 Å². The Kier molecular flexibility index (Phi) is 5.04. The molecule has 28 heavy (non-hydrogen) atoms. The fourth-order valence-electron chi connectivity index (χ4n) is 4.97. The van der Waals surface area contributed by atoms with Crippen LogP contribution in [0.2, 0.25) is 0 Å². The number of amides is 1. The van der Waals surface area contributed by atoms with Crippen molar-refractivity contribution in [3.63, 3.8) is 0 Å². The van der Waals surface area contributed by atoms with Gasteiger partial charge < -0.3 is 15.2 Å². The van der Waals surface area contributed by atoms with Crippen molar-refractivity contribution in [2.24, 2.45) is 29.6 Å². The highest BCUT2D eigenvalue weighted by Crippen LogP contribution is 2.49. The predicted octanol–water partition coefficient (Wildman–Crippen LogP) is 3.51. The summed E-state index contributed by atoms with van der Waals surface area (Å²) in [6.07, 6.45) is 7.27. The van der Waals surface area contributed by atoms with E-state index in [9.17, 15) is 19.5 Å². The molecule has 0 aliphatic heterocycles. The number of nitrogens with one attached hydrogen (secondary N) is 1. The summed E-state index contributed by atoms with van der Waals surface area (Å²) in [6.45, 7) is 4.21. The molecule has 1 amide bonds. The summed E-state index contributed by atoms with van der Waals surface area (Å²) in [4.78, 5) is 38.5. The van der Waals surface area contributed by atoms with E-state index in [4.69, 9.17) is 4.74 Å². The molecule has 0 aromatic carbocycles. The van der Waals surface area contributed by atoms with Gasteiger partial charge in [-0.05, 0) is 55.9 Å². The molecule has 2 bridgehead atoms. The monoisotopic (exact) mass is 403 g/mol. The summed E-state index contributed by atoms with van der Waals surface area (Å²) in [5.41, 5.74) is 1.45. The summed E-state index contributed by atoms with van der Waals surface area (Å²) >= 11 is 1.44. The molecule has 1 saturated carbocycles. The molecule has 6 nitrogen and oxygen atoms in total. The first-order chi connectivity index (χ1) is 13.4. The first kappa shape index (κ1) is 19.2. The molecule has 3 aliphatic carbocycles. The van der Waals surface area contributed by atoms with E-state index in [0.717, 1.165) is 29.7 Å². The van der Waals surface area contributed by atoms with Gasteiger partial charge in [0, 0.05) is 4.88 Å². The number of aliphatic carboxylic acids is 1. The van der Waals surface area contributed by atoms with Crippen LogP contribution in [0.15, 0.2) is 12.2 Å². The summed E-state index contributed by atoms with van der Waals surface area (Å²) in [5.74, 6) is -2.53. The Labute approximate surface area is 168 Å². The topological polar surface area (TPSA) is 92.7 Å². The molecule has 1 fully saturated rings. The highest BCUT2D eigenvalue weighted by Gasteiger charge is 2.51. The molecule has 3 aliphatic rings. The Balaban J connectivity index is 1.64. The molecule has 4 rings (SSSR count). The Morgan fingerprint density at radius 2 is 1.96 bits per heavy atom. The van der Waals surface area contributed by atoms with Gasteiger partial charge in [0.25, 0.3) is 0 Å². The highest BCUT2D eigenvalue weighted by molar-refractivity contribution is 7.17. The number of carboxylic acids is 1. The second kappa shape index (κ2) is 7.35. The third kappa shape index (κ3) is 3.15. The van der Waals surface area contributed by atoms with Crippen LogP contribution < -0.4 is 5.32 Å². The van der Waals surface area contributed by atoms with Crippen molar-refractivity contribution >= 4 is 34.2 Å². The van der Waals surface area contributed by atoms with Crippen molar-refractivity contribution in [1.82, 2.24) is 0 Å². The Morgan fingerprint density at radius 1 is 1.25 bits per heavy atom. The second-order valence-corrected chi connectivity index (χ2v) is 9.21. The van der Waals surface area contributed by atoms with E-state index in [1.807, 2.05) is 12.2 Å². The zero-order valence-electron chi connectivity index (χ0n) is 16.1. The number of carbonyl (C=O) groups is 3. The van der Waals surface area contributed by atoms with Gasteiger partial charge in [-0.25, -0.2) is 4.79 Å². The minimum absolute atomic E-state index is 0.0493. The number of anilines is 1. The van der Waals surface area contributed by atoms with E-state index in [1.54, 1.807) is 6.92 Å². The van der Waals surface area contributed by atoms with Crippen LogP contribution in [0.1, 0.15) is 47.5 Å². The van der Waals surface area contributed by atoms with Crippen LogP contribution in [0.3, 0.4) is 0 Å². The maximum atomic E-state index is 13.1. The average Bonchev–Trinajstić information content (AvgIpc) is 3.33. The maximum absolute atomic E-state index is 13.1. The summed E-state index contributed by atoms with van der Waals surface area (Å²) in [6, 6.07) is 0. The minimum atomic E-state index is -0.929. The van der Waals surface area contributed by atoms with Crippen LogP contribution in [0, 0.1) is 29.6 Å². The first-order valence-electron chi connectivity index (χ1n) is 9.94. The van der Waals surface area contributed by atoms with Crippen molar-refractivity contribution in [1.29, 1.82) is 0 Å². The number of hydrogen-bond donors (Lipinski definition) is 2. The van der Waals surface area contributed by atoms with E-state index in [2.05, 4.69) is 12.2 Å². The zero-order valence-corrected chi connectivity index (χ0v) is 16.9. The normalized spacial score (nSPS) is 30.1. The van der Waals surface area contributed by atoms with E-state index < -0.39 is 23.8 Å². The lowest BCUT2D eigenvalue weighted by molar-refractivity contribution is -0.146. The SMILES string of the molecule is CCOC(=O)c1c(NC(=O)[C@H]2[C@H](C(=O)O)[C@H]3C=C[C@H]2C3)sc2c1CC[C@@H](C)C2. The van der Waals surface area contributed by atoms with Gasteiger partial charge in [-0.2, -0.15) is 0 Å². The van der Waals surface area contributed by atoms with Crippen LogP contribution in [-0.4, -0.2) is 29.6 Å². The molecule has 1 aromatic heterocycles. The quantitative estimate of drug-likeness (QED) is 0.580. The van der Waals surface area contributed by atoms with Gasteiger partial charge in [-0.1, -0.05) is 19.1 Å². The van der Waals surface area contributed by atoms with Gasteiger partial charge in [0.2, 0.25) is 5.91 Å². The molecule has 150 valence electrons. The van der Waals surface area contributed by atoms with Crippen LogP contribution in [-0.2, 0) is 27.2 Å². The number of esters is 1. The van der Waals surface area contributed by atoms with Crippen LogP contribution in [0.5, 0.6) is 0 Å². The Morgan fingerprint density at radius 3 is 2.64 bits per heavy atom. The maximum Gasteiger partial charge on any atom is 0.341 e. The number of carboxylic acid groups (broad SMARTS) is 1. The molecule has 1 heterocycles.